The molecule has 4 nitrogen and oxygen atoms in total. The molecule has 1 saturated carbocycles. The number of nitrogens with zero attached hydrogens (tertiary/aromatic N) is 1. The summed E-state index contributed by atoms with van der Waals surface area (Å²) >= 11 is 0. The van der Waals surface area contributed by atoms with E-state index >= 15 is 0 Å². The monoisotopic (exact) mass is 157 g/mol. The largest absolute Gasteiger partial charge is 0.394 e. The SMILES string of the molecule is O=C1CC2(CC2)ON1CCO. The van der Waals surface area contributed by atoms with E-state index in [9.17, 15) is 4.79 Å². The average Bonchev–Trinajstić information content (AvgIpc) is 2.61. The zero-order valence-corrected chi connectivity index (χ0v) is 6.25. The molecule has 0 unspecified atom stereocenters. The van der Waals surface area contributed by atoms with Crippen LogP contribution in [0.4, 0.5) is 0 Å². The first-order chi connectivity index (χ1) is 5.26. The molecule has 2 aliphatic rings. The zero-order chi connectivity index (χ0) is 7.90. The fourth-order valence-electron chi connectivity index (χ4n) is 1.35. The molecule has 2 fully saturated rings. The maximum Gasteiger partial charge on any atom is 0.249 e. The number of hydroxylamine groups is 2. The van der Waals surface area contributed by atoms with Crippen molar-refractivity contribution in [1.82, 2.24) is 5.06 Å². The standard InChI is InChI=1S/C7H11NO3/c9-4-3-8-6(10)5-7(11-8)1-2-7/h9H,1-5H2. The average molecular weight is 157 g/mol. The van der Waals surface area contributed by atoms with E-state index in [-0.39, 0.29) is 18.1 Å². The first-order valence-corrected chi connectivity index (χ1v) is 3.86. The van der Waals surface area contributed by atoms with Gasteiger partial charge in [-0.15, -0.1) is 0 Å². The second-order valence-electron chi connectivity index (χ2n) is 3.17. The first-order valence-electron chi connectivity index (χ1n) is 3.86. The zero-order valence-electron chi connectivity index (χ0n) is 6.25. The summed E-state index contributed by atoms with van der Waals surface area (Å²) in [7, 11) is 0. The summed E-state index contributed by atoms with van der Waals surface area (Å²) in [6, 6.07) is 0. The molecule has 1 spiro atoms. The summed E-state index contributed by atoms with van der Waals surface area (Å²) in [4.78, 5) is 16.4. The van der Waals surface area contributed by atoms with Crippen LogP contribution in [-0.4, -0.2) is 34.8 Å². The van der Waals surface area contributed by atoms with Crippen LogP contribution >= 0.6 is 0 Å². The van der Waals surface area contributed by atoms with Gasteiger partial charge in [0.25, 0.3) is 0 Å². The van der Waals surface area contributed by atoms with Crippen molar-refractivity contribution in [3.05, 3.63) is 0 Å². The van der Waals surface area contributed by atoms with Crippen LogP contribution in [0.1, 0.15) is 19.3 Å². The quantitative estimate of drug-likeness (QED) is 0.597. The van der Waals surface area contributed by atoms with E-state index in [2.05, 4.69) is 0 Å². The Morgan fingerprint density at radius 1 is 1.64 bits per heavy atom. The number of amides is 1. The number of aliphatic hydroxyl groups is 1. The fraction of sp³-hybridized carbons (Fsp3) is 0.857. The lowest BCUT2D eigenvalue weighted by atomic mass is 10.2. The predicted molar refractivity (Wildman–Crippen MR) is 36.5 cm³/mol. The van der Waals surface area contributed by atoms with Gasteiger partial charge in [-0.3, -0.25) is 9.63 Å². The Labute approximate surface area is 64.7 Å². The van der Waals surface area contributed by atoms with E-state index in [0.29, 0.717) is 13.0 Å². The summed E-state index contributed by atoms with van der Waals surface area (Å²) in [6.07, 6.45) is 2.48. The Bertz CT molecular complexity index is 188. The molecule has 1 saturated heterocycles. The lowest BCUT2D eigenvalue weighted by Crippen LogP contribution is -2.27. The van der Waals surface area contributed by atoms with Crippen molar-refractivity contribution in [3.63, 3.8) is 0 Å². The summed E-state index contributed by atoms with van der Waals surface area (Å²) in [6.45, 7) is 0.280. The van der Waals surface area contributed by atoms with Gasteiger partial charge in [0.05, 0.1) is 19.6 Å². The van der Waals surface area contributed by atoms with Crippen molar-refractivity contribution in [1.29, 1.82) is 0 Å². The maximum atomic E-state index is 11.1. The summed E-state index contributed by atoms with van der Waals surface area (Å²) in [5.41, 5.74) is -0.147. The highest BCUT2D eigenvalue weighted by Gasteiger charge is 2.53. The van der Waals surface area contributed by atoms with E-state index in [1.54, 1.807) is 0 Å². The van der Waals surface area contributed by atoms with Gasteiger partial charge >= 0.3 is 0 Å². The van der Waals surface area contributed by atoms with Gasteiger partial charge in [-0.25, -0.2) is 5.06 Å². The molecule has 1 N–H and O–H groups in total. The summed E-state index contributed by atoms with van der Waals surface area (Å²) in [5.74, 6) is 0.0107. The van der Waals surface area contributed by atoms with Crippen LogP contribution in [0.25, 0.3) is 0 Å². The number of hydrogen-bond donors (Lipinski definition) is 1. The molecule has 4 heteroatoms. The van der Waals surface area contributed by atoms with Crippen molar-refractivity contribution >= 4 is 5.91 Å². The molecule has 1 heterocycles. The van der Waals surface area contributed by atoms with Crippen LogP contribution in [0.2, 0.25) is 0 Å². The Kier molecular flexibility index (Phi) is 1.40. The molecular formula is C7H11NO3. The second-order valence-corrected chi connectivity index (χ2v) is 3.17. The van der Waals surface area contributed by atoms with Crippen LogP contribution in [0, 0.1) is 0 Å². The van der Waals surface area contributed by atoms with Gasteiger partial charge in [-0.05, 0) is 12.8 Å². The first kappa shape index (κ1) is 7.06. The van der Waals surface area contributed by atoms with E-state index in [4.69, 9.17) is 9.94 Å². The van der Waals surface area contributed by atoms with E-state index in [1.807, 2.05) is 0 Å². The van der Waals surface area contributed by atoms with Crippen molar-refractivity contribution in [2.24, 2.45) is 0 Å². The van der Waals surface area contributed by atoms with Gasteiger partial charge in [0.15, 0.2) is 0 Å². The van der Waals surface area contributed by atoms with E-state index < -0.39 is 0 Å². The molecule has 0 radical (unpaired) electrons. The highest BCUT2D eigenvalue weighted by Crippen LogP contribution is 2.47. The molecule has 11 heavy (non-hydrogen) atoms. The lowest BCUT2D eigenvalue weighted by molar-refractivity contribution is -0.180. The summed E-state index contributed by atoms with van der Waals surface area (Å²) < 4.78 is 0. The molecule has 0 aromatic rings. The van der Waals surface area contributed by atoms with Crippen molar-refractivity contribution in [2.75, 3.05) is 13.2 Å². The third kappa shape index (κ3) is 1.12. The number of carbonyl (C=O) groups is 1. The van der Waals surface area contributed by atoms with Gasteiger partial charge in [0, 0.05) is 0 Å². The van der Waals surface area contributed by atoms with Crippen LogP contribution in [0.5, 0.6) is 0 Å². The molecule has 0 atom stereocenters. The van der Waals surface area contributed by atoms with Crippen molar-refractivity contribution in [3.8, 4) is 0 Å². The minimum atomic E-state index is -0.147. The van der Waals surface area contributed by atoms with Crippen LogP contribution in [0.15, 0.2) is 0 Å². The molecule has 0 aromatic carbocycles. The van der Waals surface area contributed by atoms with Crippen LogP contribution < -0.4 is 0 Å². The normalized spacial score (nSPS) is 26.6. The van der Waals surface area contributed by atoms with Crippen molar-refractivity contribution < 1.29 is 14.7 Å². The van der Waals surface area contributed by atoms with Crippen molar-refractivity contribution in [2.45, 2.75) is 24.9 Å². The highest BCUT2D eigenvalue weighted by molar-refractivity contribution is 5.78. The van der Waals surface area contributed by atoms with Crippen LogP contribution in [-0.2, 0) is 9.63 Å². The lowest BCUT2D eigenvalue weighted by Gasteiger charge is -2.13. The Morgan fingerprint density at radius 2 is 2.36 bits per heavy atom. The second kappa shape index (κ2) is 2.19. The third-order valence-corrected chi connectivity index (χ3v) is 2.17. The maximum absolute atomic E-state index is 11.1. The fourth-order valence-corrected chi connectivity index (χ4v) is 1.35. The van der Waals surface area contributed by atoms with E-state index in [1.165, 1.54) is 5.06 Å². The smallest absolute Gasteiger partial charge is 0.249 e. The number of aliphatic hydroxyl groups excluding tert-OH is 1. The minimum Gasteiger partial charge on any atom is -0.394 e. The molecule has 62 valence electrons. The topological polar surface area (TPSA) is 49.8 Å². The third-order valence-electron chi connectivity index (χ3n) is 2.17. The Hall–Kier alpha value is -0.610. The Morgan fingerprint density at radius 3 is 2.82 bits per heavy atom. The van der Waals surface area contributed by atoms with Gasteiger partial charge in [0.2, 0.25) is 5.91 Å². The van der Waals surface area contributed by atoms with Gasteiger partial charge < -0.3 is 5.11 Å². The highest BCUT2D eigenvalue weighted by atomic mass is 16.7. The molecule has 0 aromatic heterocycles. The van der Waals surface area contributed by atoms with Gasteiger partial charge in [-0.2, -0.15) is 0 Å². The summed E-state index contributed by atoms with van der Waals surface area (Å²) in [5, 5.41) is 9.85. The molecule has 1 aliphatic heterocycles. The Balaban J connectivity index is 1.97. The number of hydrogen-bond acceptors (Lipinski definition) is 3. The van der Waals surface area contributed by atoms with Gasteiger partial charge in [-0.1, -0.05) is 0 Å². The van der Waals surface area contributed by atoms with Crippen LogP contribution in [0.3, 0.4) is 0 Å². The molecule has 0 bridgehead atoms. The predicted octanol–water partition coefficient (Wildman–Crippen LogP) is -0.325. The molecule has 1 aliphatic carbocycles. The number of rotatable bonds is 2. The molecule has 1 amide bonds. The molecular weight excluding hydrogens is 146 g/mol. The van der Waals surface area contributed by atoms with Gasteiger partial charge in [0.1, 0.15) is 5.60 Å². The number of β-amino-alcohol motifs (C(OH)–C–C–N with tert-alkyl or cyclic N) is 1. The number of carbonyl (C=O) groups excluding carboxylic acids is 1. The molecule has 2 rings (SSSR count). The minimum absolute atomic E-state index is 0.0107. The van der Waals surface area contributed by atoms with E-state index in [0.717, 1.165) is 12.8 Å².